The number of aromatic nitrogens is 1. The maximum absolute atomic E-state index is 13.1. The summed E-state index contributed by atoms with van der Waals surface area (Å²) in [5.41, 5.74) is 1.08. The Hall–Kier alpha value is -2.77. The van der Waals surface area contributed by atoms with Gasteiger partial charge in [-0.25, -0.2) is 21.8 Å². The van der Waals surface area contributed by atoms with Gasteiger partial charge in [-0.2, -0.15) is 0 Å². The summed E-state index contributed by atoms with van der Waals surface area (Å²) in [5, 5.41) is 0.279. The van der Waals surface area contributed by atoms with Gasteiger partial charge in [-0.05, 0) is 47.9 Å². The number of sulfone groups is 2. The van der Waals surface area contributed by atoms with Crippen LogP contribution in [0.3, 0.4) is 0 Å². The lowest BCUT2D eigenvalue weighted by atomic mass is 10.0. The molecule has 0 radical (unpaired) electrons. The predicted molar refractivity (Wildman–Crippen MR) is 114 cm³/mol. The van der Waals surface area contributed by atoms with E-state index in [2.05, 4.69) is 4.98 Å². The van der Waals surface area contributed by atoms with Gasteiger partial charge in [-0.15, -0.1) is 0 Å². The van der Waals surface area contributed by atoms with Gasteiger partial charge in [0.05, 0.1) is 10.1 Å². The second-order valence-corrected chi connectivity index (χ2v) is 10.3. The molecule has 150 valence electrons. The number of hydrogen-bond acceptors (Lipinski definition) is 5. The standard InChI is InChI=1S/C22H21NO4S2/c1-2-21(29(26,27)22-14-8-9-16-23-22)20-13-7-6-10-18(20)15-17-28(24,25)19-11-4-3-5-12-19/h3-17,21H,2H2,1H3/b17-15+. The Labute approximate surface area is 171 Å². The van der Waals surface area contributed by atoms with E-state index in [9.17, 15) is 16.8 Å². The summed E-state index contributed by atoms with van der Waals surface area (Å²) in [6.07, 6.45) is 3.22. The number of pyridine rings is 1. The van der Waals surface area contributed by atoms with Crippen LogP contribution in [0, 0.1) is 0 Å². The first-order valence-corrected chi connectivity index (χ1v) is 12.2. The summed E-state index contributed by atoms with van der Waals surface area (Å²) in [6.45, 7) is 1.78. The molecule has 0 saturated carbocycles. The van der Waals surface area contributed by atoms with Crippen LogP contribution in [0.2, 0.25) is 0 Å². The molecule has 0 amide bonds. The van der Waals surface area contributed by atoms with E-state index in [1.165, 1.54) is 30.5 Å². The highest BCUT2D eigenvalue weighted by atomic mass is 32.2. The Bertz CT molecular complexity index is 1200. The van der Waals surface area contributed by atoms with Crippen LogP contribution in [-0.4, -0.2) is 21.8 Å². The van der Waals surface area contributed by atoms with Gasteiger partial charge in [0, 0.05) is 11.6 Å². The van der Waals surface area contributed by atoms with Crippen LogP contribution in [0.4, 0.5) is 0 Å². The zero-order chi connectivity index (χ0) is 20.9. The maximum Gasteiger partial charge on any atom is 0.202 e. The summed E-state index contributed by atoms with van der Waals surface area (Å²) < 4.78 is 51.4. The first kappa shape index (κ1) is 21.0. The van der Waals surface area contributed by atoms with Crippen molar-refractivity contribution in [1.29, 1.82) is 0 Å². The van der Waals surface area contributed by atoms with Crippen molar-refractivity contribution in [3.05, 3.63) is 95.5 Å². The molecule has 3 aromatic rings. The number of nitrogens with zero attached hydrogens (tertiary/aromatic N) is 1. The molecule has 29 heavy (non-hydrogen) atoms. The van der Waals surface area contributed by atoms with E-state index >= 15 is 0 Å². The van der Waals surface area contributed by atoms with Crippen LogP contribution in [0.15, 0.2) is 94.3 Å². The van der Waals surface area contributed by atoms with Crippen LogP contribution >= 0.6 is 0 Å². The highest BCUT2D eigenvalue weighted by molar-refractivity contribution is 7.94. The average Bonchev–Trinajstić information content (AvgIpc) is 2.75. The first-order valence-electron chi connectivity index (χ1n) is 9.08. The van der Waals surface area contributed by atoms with Crippen LogP contribution in [0.1, 0.15) is 29.7 Å². The van der Waals surface area contributed by atoms with E-state index < -0.39 is 24.9 Å². The van der Waals surface area contributed by atoms with Gasteiger partial charge >= 0.3 is 0 Å². The minimum atomic E-state index is -3.73. The molecule has 3 rings (SSSR count). The van der Waals surface area contributed by atoms with E-state index in [0.717, 1.165) is 5.41 Å². The highest BCUT2D eigenvalue weighted by Crippen LogP contribution is 2.33. The molecule has 1 heterocycles. The van der Waals surface area contributed by atoms with Gasteiger partial charge in [0.15, 0.2) is 14.9 Å². The van der Waals surface area contributed by atoms with Crippen molar-refractivity contribution in [2.45, 2.75) is 28.5 Å². The summed E-state index contributed by atoms with van der Waals surface area (Å²) in [6, 6.07) is 19.8. The number of rotatable bonds is 7. The molecular formula is C22H21NO4S2. The van der Waals surface area contributed by atoms with Crippen molar-refractivity contribution in [2.75, 3.05) is 0 Å². The Morgan fingerprint density at radius 1 is 0.862 bits per heavy atom. The first-order chi connectivity index (χ1) is 13.9. The van der Waals surface area contributed by atoms with Crippen molar-refractivity contribution >= 4 is 25.8 Å². The Balaban J connectivity index is 2.02. The SMILES string of the molecule is CCC(c1ccccc1/C=C/S(=O)(=O)c1ccccc1)S(=O)(=O)c1ccccn1. The fourth-order valence-corrected chi connectivity index (χ4v) is 5.85. The zero-order valence-electron chi connectivity index (χ0n) is 15.8. The van der Waals surface area contributed by atoms with E-state index in [4.69, 9.17) is 0 Å². The summed E-state index contributed by atoms with van der Waals surface area (Å²) in [7, 11) is -7.36. The van der Waals surface area contributed by atoms with Crippen molar-refractivity contribution in [3.63, 3.8) is 0 Å². The van der Waals surface area contributed by atoms with E-state index in [0.29, 0.717) is 17.5 Å². The van der Waals surface area contributed by atoms with Crippen LogP contribution in [-0.2, 0) is 19.7 Å². The van der Waals surface area contributed by atoms with Gasteiger partial charge in [-0.3, -0.25) is 0 Å². The lowest BCUT2D eigenvalue weighted by molar-refractivity contribution is 0.575. The lowest BCUT2D eigenvalue weighted by Crippen LogP contribution is -2.15. The maximum atomic E-state index is 13.1. The molecule has 0 N–H and O–H groups in total. The van der Waals surface area contributed by atoms with Crippen molar-refractivity contribution in [3.8, 4) is 0 Å². The molecule has 0 saturated heterocycles. The number of benzene rings is 2. The van der Waals surface area contributed by atoms with Gasteiger partial charge in [0.1, 0.15) is 0 Å². The van der Waals surface area contributed by atoms with Crippen LogP contribution < -0.4 is 0 Å². The summed E-state index contributed by atoms with van der Waals surface area (Å²) in [4.78, 5) is 4.18. The van der Waals surface area contributed by atoms with Gasteiger partial charge in [0.2, 0.25) is 9.84 Å². The summed E-state index contributed by atoms with van der Waals surface area (Å²) in [5.74, 6) is 0. The monoisotopic (exact) mass is 427 g/mol. The molecule has 0 spiro atoms. The fraction of sp³-hybridized carbons (Fsp3) is 0.136. The second-order valence-electron chi connectivity index (χ2n) is 6.40. The minimum Gasteiger partial charge on any atom is -0.245 e. The van der Waals surface area contributed by atoms with Crippen molar-refractivity contribution < 1.29 is 16.8 Å². The molecular weight excluding hydrogens is 406 g/mol. The Morgan fingerprint density at radius 3 is 2.17 bits per heavy atom. The molecule has 1 aromatic heterocycles. The predicted octanol–water partition coefficient (Wildman–Crippen LogP) is 4.45. The van der Waals surface area contributed by atoms with Crippen LogP contribution in [0.5, 0.6) is 0 Å². The van der Waals surface area contributed by atoms with E-state index in [1.54, 1.807) is 61.5 Å². The van der Waals surface area contributed by atoms with Gasteiger partial charge in [0.25, 0.3) is 0 Å². The second kappa shape index (κ2) is 8.71. The average molecular weight is 428 g/mol. The van der Waals surface area contributed by atoms with E-state index in [1.807, 2.05) is 0 Å². The normalized spacial score (nSPS) is 13.4. The van der Waals surface area contributed by atoms with Crippen LogP contribution in [0.25, 0.3) is 6.08 Å². The minimum absolute atomic E-state index is 0.00235. The highest BCUT2D eigenvalue weighted by Gasteiger charge is 2.30. The van der Waals surface area contributed by atoms with E-state index in [-0.39, 0.29) is 9.92 Å². The largest absolute Gasteiger partial charge is 0.245 e. The third-order valence-electron chi connectivity index (χ3n) is 4.52. The van der Waals surface area contributed by atoms with Crippen molar-refractivity contribution in [1.82, 2.24) is 4.98 Å². The smallest absolute Gasteiger partial charge is 0.202 e. The molecule has 7 heteroatoms. The molecule has 1 unspecified atom stereocenters. The molecule has 0 aliphatic rings. The third-order valence-corrected chi connectivity index (χ3v) is 8.10. The lowest BCUT2D eigenvalue weighted by Gasteiger charge is -2.18. The molecule has 0 fully saturated rings. The topological polar surface area (TPSA) is 81.2 Å². The number of hydrogen-bond donors (Lipinski definition) is 0. The molecule has 0 aliphatic carbocycles. The third kappa shape index (κ3) is 4.63. The molecule has 0 bridgehead atoms. The summed E-state index contributed by atoms with van der Waals surface area (Å²) >= 11 is 0. The molecule has 5 nitrogen and oxygen atoms in total. The molecule has 2 aromatic carbocycles. The molecule has 0 aliphatic heterocycles. The van der Waals surface area contributed by atoms with Crippen molar-refractivity contribution in [2.24, 2.45) is 0 Å². The Kier molecular flexibility index (Phi) is 6.30. The molecule has 1 atom stereocenters. The van der Waals surface area contributed by atoms with Gasteiger partial charge in [-0.1, -0.05) is 55.5 Å². The quantitative estimate of drug-likeness (QED) is 0.556. The zero-order valence-corrected chi connectivity index (χ0v) is 17.5. The fourth-order valence-electron chi connectivity index (χ4n) is 3.08. The Morgan fingerprint density at radius 2 is 1.52 bits per heavy atom. The van der Waals surface area contributed by atoms with Gasteiger partial charge < -0.3 is 0 Å².